The van der Waals surface area contributed by atoms with Gasteiger partial charge in [-0.05, 0) is 43.9 Å². The predicted octanol–water partition coefficient (Wildman–Crippen LogP) is 3.39. The Balaban J connectivity index is 2.75. The lowest BCUT2D eigenvalue weighted by molar-refractivity contribution is 0.388. The topological polar surface area (TPSA) is 70.6 Å². The van der Waals surface area contributed by atoms with E-state index in [1.807, 2.05) is 19.1 Å². The Morgan fingerprint density at radius 1 is 1.23 bits per heavy atom. The van der Waals surface area contributed by atoms with Crippen molar-refractivity contribution >= 4 is 27.4 Å². The lowest BCUT2D eigenvalue weighted by atomic mass is 9.76. The predicted molar refractivity (Wildman–Crippen MR) is 112 cm³/mol. The van der Waals surface area contributed by atoms with E-state index in [0.717, 1.165) is 24.4 Å². The molecule has 0 bridgehead atoms. The van der Waals surface area contributed by atoms with Crippen molar-refractivity contribution in [2.75, 3.05) is 25.6 Å². The molecular weight excluding hydrogens is 370 g/mol. The molecule has 0 aliphatic carbocycles. The summed E-state index contributed by atoms with van der Waals surface area (Å²) in [6.07, 6.45) is 3.77. The second-order valence-corrected chi connectivity index (χ2v) is 9.58. The van der Waals surface area contributed by atoms with E-state index in [0.29, 0.717) is 12.4 Å². The minimum Gasteiger partial charge on any atom is -0.356 e. The van der Waals surface area contributed by atoms with E-state index in [9.17, 15) is 8.42 Å². The van der Waals surface area contributed by atoms with Crippen LogP contribution >= 0.6 is 11.6 Å². The molecule has 1 unspecified atom stereocenters. The van der Waals surface area contributed by atoms with Crippen LogP contribution in [0.1, 0.15) is 45.6 Å². The molecule has 1 aromatic rings. The molecule has 0 aliphatic rings. The Morgan fingerprint density at radius 2 is 1.81 bits per heavy atom. The molecule has 0 fully saturated rings. The summed E-state index contributed by atoms with van der Waals surface area (Å²) in [6, 6.07) is 8.04. The Hall–Kier alpha value is -1.27. The highest BCUT2D eigenvalue weighted by Crippen LogP contribution is 2.31. The number of rotatable bonds is 9. The van der Waals surface area contributed by atoms with Gasteiger partial charge in [-0.1, -0.05) is 37.6 Å². The molecule has 0 aromatic heterocycles. The summed E-state index contributed by atoms with van der Waals surface area (Å²) in [5, 5.41) is 7.42. The molecule has 0 saturated heterocycles. The number of hydrogen-bond acceptors (Lipinski definition) is 3. The average molecular weight is 402 g/mol. The van der Waals surface area contributed by atoms with Crippen molar-refractivity contribution in [3.8, 4) is 0 Å². The van der Waals surface area contributed by atoms with Gasteiger partial charge in [-0.25, -0.2) is 8.42 Å². The summed E-state index contributed by atoms with van der Waals surface area (Å²) in [4.78, 5) is 4.28. The highest BCUT2D eigenvalue weighted by Gasteiger charge is 2.28. The summed E-state index contributed by atoms with van der Waals surface area (Å²) in [5.41, 5.74) is 1.23. The average Bonchev–Trinajstić information content (AvgIpc) is 2.60. The molecule has 0 radical (unpaired) electrons. The molecule has 0 saturated carbocycles. The summed E-state index contributed by atoms with van der Waals surface area (Å²) in [5.74, 6) is 0.850. The number of guanidine groups is 1. The number of nitrogens with zero attached hydrogens (tertiary/aromatic N) is 1. The minimum absolute atomic E-state index is 0.0157. The zero-order chi connectivity index (χ0) is 19.8. The molecule has 5 nitrogen and oxygen atoms in total. The van der Waals surface area contributed by atoms with Crippen LogP contribution in [0, 0.1) is 0 Å². The van der Waals surface area contributed by atoms with E-state index in [2.05, 4.69) is 41.6 Å². The fourth-order valence-electron chi connectivity index (χ4n) is 2.96. The number of benzene rings is 1. The quantitative estimate of drug-likeness (QED) is 0.491. The van der Waals surface area contributed by atoms with Crippen LogP contribution in [0.4, 0.5) is 0 Å². The van der Waals surface area contributed by atoms with E-state index in [1.54, 1.807) is 7.05 Å². The molecule has 1 aromatic carbocycles. The largest absolute Gasteiger partial charge is 0.356 e. The summed E-state index contributed by atoms with van der Waals surface area (Å²) in [7, 11) is -1.23. The SMILES string of the molecule is CCC(CC)(CNC(=NC)NC(C)CCS(C)(=O)=O)c1ccc(Cl)cc1. The van der Waals surface area contributed by atoms with Crippen molar-refractivity contribution < 1.29 is 8.42 Å². The van der Waals surface area contributed by atoms with Crippen LogP contribution in [0.2, 0.25) is 5.02 Å². The lowest BCUT2D eigenvalue weighted by Gasteiger charge is -2.33. The van der Waals surface area contributed by atoms with Crippen molar-refractivity contribution in [2.24, 2.45) is 4.99 Å². The highest BCUT2D eigenvalue weighted by atomic mass is 35.5. The first-order valence-electron chi connectivity index (χ1n) is 9.06. The smallest absolute Gasteiger partial charge is 0.191 e. The van der Waals surface area contributed by atoms with E-state index >= 15 is 0 Å². The number of hydrogen-bond donors (Lipinski definition) is 2. The van der Waals surface area contributed by atoms with Crippen LogP contribution in [-0.4, -0.2) is 46.0 Å². The molecule has 0 heterocycles. The third-order valence-corrected chi connectivity index (χ3v) is 6.16. The number of halogens is 1. The molecule has 0 aliphatic heterocycles. The molecule has 148 valence electrons. The number of sulfone groups is 1. The van der Waals surface area contributed by atoms with Crippen LogP contribution < -0.4 is 10.6 Å². The van der Waals surface area contributed by atoms with Crippen LogP contribution in [0.5, 0.6) is 0 Å². The fourth-order valence-corrected chi connectivity index (χ4v) is 3.87. The lowest BCUT2D eigenvalue weighted by Crippen LogP contribution is -2.48. The van der Waals surface area contributed by atoms with Crippen LogP contribution in [0.25, 0.3) is 0 Å². The van der Waals surface area contributed by atoms with Crippen LogP contribution in [0.15, 0.2) is 29.3 Å². The molecule has 0 spiro atoms. The number of aliphatic imine (C=N–C) groups is 1. The van der Waals surface area contributed by atoms with Gasteiger partial charge in [0.1, 0.15) is 9.84 Å². The molecule has 1 atom stereocenters. The molecular formula is C19H32ClN3O2S. The Kier molecular flexibility index (Phi) is 8.90. The van der Waals surface area contributed by atoms with Gasteiger partial charge in [-0.15, -0.1) is 0 Å². The van der Waals surface area contributed by atoms with Crippen molar-refractivity contribution in [3.05, 3.63) is 34.9 Å². The maximum Gasteiger partial charge on any atom is 0.191 e. The van der Waals surface area contributed by atoms with Gasteiger partial charge in [0.15, 0.2) is 5.96 Å². The standard InChI is InChI=1S/C19H32ClN3O2S/c1-6-19(7-2,16-8-10-17(20)11-9-16)14-22-18(21-4)23-15(3)12-13-26(5,24)25/h8-11,15H,6-7,12-14H2,1-5H3,(H2,21,22,23). The van der Waals surface area contributed by atoms with Gasteiger partial charge in [0.2, 0.25) is 0 Å². The third kappa shape index (κ3) is 7.16. The van der Waals surface area contributed by atoms with E-state index in [4.69, 9.17) is 11.6 Å². The zero-order valence-electron chi connectivity index (χ0n) is 16.5. The highest BCUT2D eigenvalue weighted by molar-refractivity contribution is 7.90. The van der Waals surface area contributed by atoms with Crippen LogP contribution in [0.3, 0.4) is 0 Å². The van der Waals surface area contributed by atoms with Crippen molar-refractivity contribution in [2.45, 2.75) is 51.5 Å². The van der Waals surface area contributed by atoms with E-state index in [1.165, 1.54) is 11.8 Å². The molecule has 2 N–H and O–H groups in total. The Bertz CT molecular complexity index is 683. The summed E-state index contributed by atoms with van der Waals surface area (Å²) in [6.45, 7) is 7.07. The van der Waals surface area contributed by atoms with Gasteiger partial charge < -0.3 is 10.6 Å². The van der Waals surface area contributed by atoms with Crippen molar-refractivity contribution in [1.29, 1.82) is 0 Å². The Labute approximate surface area is 163 Å². The monoisotopic (exact) mass is 401 g/mol. The first-order chi connectivity index (χ1) is 12.2. The zero-order valence-corrected chi connectivity index (χ0v) is 18.0. The van der Waals surface area contributed by atoms with Crippen LogP contribution in [-0.2, 0) is 15.3 Å². The van der Waals surface area contributed by atoms with Gasteiger partial charge in [-0.2, -0.15) is 0 Å². The normalized spacial score (nSPS) is 14.2. The summed E-state index contributed by atoms with van der Waals surface area (Å²) < 4.78 is 22.6. The van der Waals surface area contributed by atoms with Crippen molar-refractivity contribution in [1.82, 2.24) is 10.6 Å². The summed E-state index contributed by atoms with van der Waals surface area (Å²) >= 11 is 6.03. The van der Waals surface area contributed by atoms with Crippen molar-refractivity contribution in [3.63, 3.8) is 0 Å². The second kappa shape index (κ2) is 10.2. The first kappa shape index (κ1) is 22.8. The van der Waals surface area contributed by atoms with Gasteiger partial charge >= 0.3 is 0 Å². The van der Waals surface area contributed by atoms with Gasteiger partial charge in [0.25, 0.3) is 0 Å². The molecule has 1 rings (SSSR count). The molecule has 7 heteroatoms. The van der Waals surface area contributed by atoms with Gasteiger partial charge in [0, 0.05) is 36.3 Å². The third-order valence-electron chi connectivity index (χ3n) is 4.93. The maximum atomic E-state index is 11.3. The maximum absolute atomic E-state index is 11.3. The first-order valence-corrected chi connectivity index (χ1v) is 11.5. The number of nitrogens with one attached hydrogen (secondary N) is 2. The fraction of sp³-hybridized carbons (Fsp3) is 0.632. The molecule has 26 heavy (non-hydrogen) atoms. The molecule has 0 amide bonds. The van der Waals surface area contributed by atoms with E-state index < -0.39 is 9.84 Å². The van der Waals surface area contributed by atoms with Gasteiger partial charge in [0.05, 0.1) is 5.75 Å². The van der Waals surface area contributed by atoms with Gasteiger partial charge in [-0.3, -0.25) is 4.99 Å². The second-order valence-electron chi connectivity index (χ2n) is 6.88. The van der Waals surface area contributed by atoms with E-state index in [-0.39, 0.29) is 17.2 Å². The minimum atomic E-state index is -2.96. The Morgan fingerprint density at radius 3 is 2.27 bits per heavy atom.